The summed E-state index contributed by atoms with van der Waals surface area (Å²) in [5.74, 6) is -0.170. The van der Waals surface area contributed by atoms with E-state index < -0.39 is 10.0 Å². The summed E-state index contributed by atoms with van der Waals surface area (Å²) in [6.07, 6.45) is 1.84. The number of aliphatic imine (C=N–C) groups is 1. The van der Waals surface area contributed by atoms with Crippen LogP contribution in [0, 0.1) is 6.92 Å². The molecular weight excluding hydrogens is 430 g/mol. The quantitative estimate of drug-likeness (QED) is 0.596. The summed E-state index contributed by atoms with van der Waals surface area (Å²) in [5.41, 5.74) is 3.28. The smallest absolute Gasteiger partial charge is 0.268 e. The first-order valence-corrected chi connectivity index (χ1v) is 11.7. The molecule has 0 spiro atoms. The number of anilines is 1. The summed E-state index contributed by atoms with van der Waals surface area (Å²) < 4.78 is 23.0. The van der Waals surface area contributed by atoms with Crippen molar-refractivity contribution in [1.82, 2.24) is 0 Å². The molecule has 1 heterocycles. The molecule has 0 bridgehead atoms. The van der Waals surface area contributed by atoms with Gasteiger partial charge in [0, 0.05) is 0 Å². The van der Waals surface area contributed by atoms with E-state index in [2.05, 4.69) is 4.99 Å². The van der Waals surface area contributed by atoms with E-state index in [1.807, 2.05) is 67.6 Å². The number of sulfonamides is 1. The average Bonchev–Trinajstić information content (AvgIpc) is 3.04. The maximum atomic E-state index is 13.2. The second-order valence-corrected chi connectivity index (χ2v) is 9.50. The number of thioether (sulfide) groups is 1. The van der Waals surface area contributed by atoms with Gasteiger partial charge in [0.25, 0.3) is 5.91 Å². The van der Waals surface area contributed by atoms with Gasteiger partial charge in [0.2, 0.25) is 10.0 Å². The Bertz CT molecular complexity index is 1280. The largest absolute Gasteiger partial charge is 0.271 e. The number of aryl methyl sites for hydroxylation is 1. The average molecular weight is 450 g/mol. The first-order valence-electron chi connectivity index (χ1n) is 9.38. The van der Waals surface area contributed by atoms with Gasteiger partial charge < -0.3 is 0 Å². The number of amidine groups is 1. The lowest BCUT2D eigenvalue weighted by Crippen LogP contribution is -2.28. The second-order valence-electron chi connectivity index (χ2n) is 6.93. The Hall–Kier alpha value is -3.20. The van der Waals surface area contributed by atoms with E-state index in [9.17, 15) is 13.2 Å². The summed E-state index contributed by atoms with van der Waals surface area (Å²) in [6.45, 7) is 2.01. The fraction of sp³-hybridized carbons (Fsp3) is 0.0435. The third-order valence-corrected chi connectivity index (χ3v) is 6.48. The van der Waals surface area contributed by atoms with Crippen molar-refractivity contribution < 1.29 is 13.2 Å². The Labute approximate surface area is 185 Å². The number of carbonyl (C=O) groups is 1. The molecule has 0 saturated carbocycles. The van der Waals surface area contributed by atoms with Gasteiger partial charge in [0.05, 0.1) is 21.2 Å². The molecule has 0 aliphatic carbocycles. The minimum Gasteiger partial charge on any atom is -0.268 e. The van der Waals surface area contributed by atoms with Gasteiger partial charge in [-0.3, -0.25) is 9.69 Å². The zero-order chi connectivity index (χ0) is 22.0. The number of para-hydroxylation sites is 1. The van der Waals surface area contributed by atoms with Crippen LogP contribution in [0.4, 0.5) is 11.4 Å². The fourth-order valence-electron chi connectivity index (χ4n) is 2.99. The van der Waals surface area contributed by atoms with Crippen LogP contribution in [0.15, 0.2) is 93.7 Å². The summed E-state index contributed by atoms with van der Waals surface area (Å²) in [7, 11) is -3.78. The fourth-order valence-corrected chi connectivity index (χ4v) is 4.50. The first-order chi connectivity index (χ1) is 14.8. The van der Waals surface area contributed by atoms with Gasteiger partial charge in [0.1, 0.15) is 0 Å². The van der Waals surface area contributed by atoms with Crippen molar-refractivity contribution in [2.24, 2.45) is 10.1 Å². The SMILES string of the molecule is Cc1ccc(C=C2S/C(=N\c3ccc(S(N)(=O)=O)cc3)N(c3ccccc3)C2=O)cc1. The Morgan fingerprint density at radius 3 is 2.19 bits per heavy atom. The molecule has 156 valence electrons. The van der Waals surface area contributed by atoms with E-state index in [0.29, 0.717) is 21.4 Å². The van der Waals surface area contributed by atoms with Crippen molar-refractivity contribution >= 4 is 50.3 Å². The lowest BCUT2D eigenvalue weighted by atomic mass is 10.1. The highest BCUT2D eigenvalue weighted by Crippen LogP contribution is 2.37. The summed E-state index contributed by atoms with van der Waals surface area (Å²) in [4.78, 5) is 19.9. The van der Waals surface area contributed by atoms with Gasteiger partial charge in [-0.15, -0.1) is 0 Å². The normalized spacial score (nSPS) is 17.0. The molecule has 1 amide bonds. The number of nitrogens with two attached hydrogens (primary N) is 1. The van der Waals surface area contributed by atoms with Crippen LogP contribution in [-0.4, -0.2) is 19.5 Å². The molecule has 0 radical (unpaired) electrons. The van der Waals surface area contributed by atoms with Gasteiger partial charge in [-0.25, -0.2) is 18.5 Å². The molecule has 31 heavy (non-hydrogen) atoms. The predicted molar refractivity (Wildman–Crippen MR) is 126 cm³/mol. The maximum absolute atomic E-state index is 13.2. The van der Waals surface area contributed by atoms with Crippen molar-refractivity contribution in [1.29, 1.82) is 0 Å². The number of nitrogens with zero attached hydrogens (tertiary/aromatic N) is 2. The predicted octanol–water partition coefficient (Wildman–Crippen LogP) is 4.45. The van der Waals surface area contributed by atoms with E-state index in [1.165, 1.54) is 23.9 Å². The maximum Gasteiger partial charge on any atom is 0.271 e. The standard InChI is InChI=1S/C23H19N3O3S2/c1-16-7-9-17(10-8-16)15-21-22(27)26(19-5-3-2-4-6-19)23(30-21)25-18-11-13-20(14-12-18)31(24,28)29/h2-15H,1H3,(H2,24,28,29)/b21-15?,25-23-. The highest BCUT2D eigenvalue weighted by molar-refractivity contribution is 8.19. The molecule has 3 aromatic rings. The van der Waals surface area contributed by atoms with Crippen LogP contribution < -0.4 is 10.0 Å². The Balaban J connectivity index is 1.74. The molecule has 2 N–H and O–H groups in total. The van der Waals surface area contributed by atoms with Gasteiger partial charge in [-0.2, -0.15) is 0 Å². The summed E-state index contributed by atoms with van der Waals surface area (Å²) in [5, 5.41) is 5.64. The number of amides is 1. The van der Waals surface area contributed by atoms with Crippen molar-refractivity contribution in [3.8, 4) is 0 Å². The molecule has 0 unspecified atom stereocenters. The Morgan fingerprint density at radius 1 is 0.935 bits per heavy atom. The van der Waals surface area contributed by atoms with Crippen molar-refractivity contribution in [2.45, 2.75) is 11.8 Å². The van der Waals surface area contributed by atoms with E-state index in [0.717, 1.165) is 11.1 Å². The monoisotopic (exact) mass is 449 g/mol. The minimum atomic E-state index is -3.78. The van der Waals surface area contributed by atoms with Crippen LogP contribution in [0.5, 0.6) is 0 Å². The molecule has 0 atom stereocenters. The van der Waals surface area contributed by atoms with Crippen LogP contribution in [0.1, 0.15) is 11.1 Å². The topological polar surface area (TPSA) is 92.8 Å². The van der Waals surface area contributed by atoms with Crippen molar-refractivity contribution in [3.63, 3.8) is 0 Å². The number of primary sulfonamides is 1. The summed E-state index contributed by atoms with van der Waals surface area (Å²) >= 11 is 1.27. The van der Waals surface area contributed by atoms with Gasteiger partial charge >= 0.3 is 0 Å². The number of hydrogen-bond donors (Lipinski definition) is 1. The molecule has 3 aromatic carbocycles. The number of carbonyl (C=O) groups excluding carboxylic acids is 1. The first kappa shape index (κ1) is 21.0. The number of benzene rings is 3. The lowest BCUT2D eigenvalue weighted by Gasteiger charge is -2.15. The van der Waals surface area contributed by atoms with Crippen LogP contribution in [-0.2, 0) is 14.8 Å². The lowest BCUT2D eigenvalue weighted by molar-refractivity contribution is -0.113. The molecule has 1 aliphatic heterocycles. The molecule has 1 fully saturated rings. The van der Waals surface area contributed by atoms with Crippen LogP contribution in [0.3, 0.4) is 0 Å². The van der Waals surface area contributed by atoms with Crippen LogP contribution in [0.25, 0.3) is 6.08 Å². The number of rotatable bonds is 4. The zero-order valence-corrected chi connectivity index (χ0v) is 18.2. The molecular formula is C23H19N3O3S2. The highest BCUT2D eigenvalue weighted by atomic mass is 32.2. The zero-order valence-electron chi connectivity index (χ0n) is 16.6. The van der Waals surface area contributed by atoms with Gasteiger partial charge in [-0.05, 0) is 66.7 Å². The molecule has 0 aromatic heterocycles. The second kappa shape index (κ2) is 8.50. The Morgan fingerprint density at radius 2 is 1.58 bits per heavy atom. The molecule has 4 rings (SSSR count). The molecule has 8 heteroatoms. The van der Waals surface area contributed by atoms with Crippen molar-refractivity contribution in [3.05, 3.63) is 94.9 Å². The van der Waals surface area contributed by atoms with Crippen LogP contribution >= 0.6 is 11.8 Å². The summed E-state index contributed by atoms with van der Waals surface area (Å²) in [6, 6.07) is 23.1. The third kappa shape index (κ3) is 4.77. The Kier molecular flexibility index (Phi) is 5.77. The molecule has 6 nitrogen and oxygen atoms in total. The highest BCUT2D eigenvalue weighted by Gasteiger charge is 2.34. The van der Waals surface area contributed by atoms with Gasteiger partial charge in [0.15, 0.2) is 5.17 Å². The van der Waals surface area contributed by atoms with Crippen molar-refractivity contribution in [2.75, 3.05) is 4.90 Å². The molecule has 1 aliphatic rings. The van der Waals surface area contributed by atoms with E-state index in [-0.39, 0.29) is 10.8 Å². The van der Waals surface area contributed by atoms with E-state index in [4.69, 9.17) is 5.14 Å². The van der Waals surface area contributed by atoms with E-state index in [1.54, 1.807) is 17.0 Å². The van der Waals surface area contributed by atoms with Gasteiger partial charge in [-0.1, -0.05) is 48.0 Å². The molecule has 1 saturated heterocycles. The minimum absolute atomic E-state index is 0.00599. The number of hydrogen-bond acceptors (Lipinski definition) is 5. The third-order valence-electron chi connectivity index (χ3n) is 4.59. The van der Waals surface area contributed by atoms with E-state index >= 15 is 0 Å². The van der Waals surface area contributed by atoms with Crippen LogP contribution in [0.2, 0.25) is 0 Å².